The number of aromatic nitrogens is 1. The van der Waals surface area contributed by atoms with Crippen LogP contribution in [0.2, 0.25) is 0 Å². The number of unbranched alkanes of at least 4 members (excludes halogenated alkanes) is 5. The van der Waals surface area contributed by atoms with Crippen LogP contribution in [0, 0.1) is 0 Å². The van der Waals surface area contributed by atoms with Crippen LogP contribution in [0.25, 0.3) is 10.8 Å². The predicted octanol–water partition coefficient (Wildman–Crippen LogP) is 5.27. The van der Waals surface area contributed by atoms with E-state index in [-0.39, 0.29) is 0 Å². The molecular weight excluding hydrogens is 425 g/mol. The van der Waals surface area contributed by atoms with Gasteiger partial charge in [-0.15, -0.1) is 0 Å². The van der Waals surface area contributed by atoms with Gasteiger partial charge in [-0.3, -0.25) is 0 Å². The first-order valence-corrected chi connectivity index (χ1v) is 10.9. The largest absolute Gasteiger partial charge is 0.741 e. The molecule has 1 aromatic carbocycles. The van der Waals surface area contributed by atoms with Crippen molar-refractivity contribution in [3.8, 4) is 0 Å². The number of isothiocyanates is 1. The molecule has 0 radical (unpaired) electrons. The molecule has 0 amide bonds. The summed E-state index contributed by atoms with van der Waals surface area (Å²) >= 11 is 4.77. The molecular formula is C19H23F3N2O3S2. The fourth-order valence-corrected chi connectivity index (χ4v) is 2.69. The van der Waals surface area contributed by atoms with E-state index in [1.54, 1.807) is 0 Å². The maximum atomic E-state index is 10.7. The molecule has 1 heterocycles. The summed E-state index contributed by atoms with van der Waals surface area (Å²) in [6.45, 7) is 3.24. The second-order valence-electron chi connectivity index (χ2n) is 6.32. The van der Waals surface area contributed by atoms with E-state index in [9.17, 15) is 13.2 Å². The average molecular weight is 449 g/mol. The van der Waals surface area contributed by atoms with Crippen LogP contribution in [0.4, 0.5) is 19.0 Å². The zero-order chi connectivity index (χ0) is 21.9. The summed E-state index contributed by atoms with van der Waals surface area (Å²) < 4.78 is 61.1. The molecule has 160 valence electrons. The standard InChI is InChI=1S/C18H23N2S.CHF3O3S/c1-2-3-4-5-6-9-12-20-14-17-11-8-7-10-16(17)13-18(20)19-15-21;2-1(3,4)8(5,6)7/h7-8,10-11,13-14H,2-6,9,12H2,1H3;(H,5,6,7)/q+1;/p-1. The predicted molar refractivity (Wildman–Crippen MR) is 108 cm³/mol. The van der Waals surface area contributed by atoms with E-state index in [1.165, 1.54) is 49.3 Å². The van der Waals surface area contributed by atoms with Gasteiger partial charge in [0.05, 0.1) is 12.7 Å². The third-order valence-corrected chi connectivity index (χ3v) is 4.72. The Morgan fingerprint density at radius 3 is 2.21 bits per heavy atom. The van der Waals surface area contributed by atoms with E-state index in [2.05, 4.69) is 52.1 Å². The van der Waals surface area contributed by atoms with Crippen LogP contribution in [0.1, 0.15) is 45.4 Å². The average Bonchev–Trinajstić information content (AvgIpc) is 2.64. The van der Waals surface area contributed by atoms with Gasteiger partial charge in [0, 0.05) is 28.7 Å². The third-order valence-electron chi connectivity index (χ3n) is 4.07. The zero-order valence-electron chi connectivity index (χ0n) is 16.0. The number of thiocarbonyl (C=S) groups is 1. The molecule has 0 aliphatic rings. The highest BCUT2D eigenvalue weighted by Gasteiger charge is 2.36. The minimum absolute atomic E-state index is 0.900. The Morgan fingerprint density at radius 2 is 1.66 bits per heavy atom. The summed E-state index contributed by atoms with van der Waals surface area (Å²) in [5.74, 6) is 0.900. The molecule has 0 aliphatic heterocycles. The number of aliphatic imine (C=N–C) groups is 1. The SMILES string of the molecule is CCCCCCCC[n+]1cc2ccccc2cc1N=C=S.O=S(=O)([O-])C(F)(F)F. The molecule has 0 spiro atoms. The van der Waals surface area contributed by atoms with Crippen LogP contribution >= 0.6 is 12.2 Å². The number of fused-ring (bicyclic) bond motifs is 1. The molecule has 2 rings (SSSR count). The second kappa shape index (κ2) is 12.0. The van der Waals surface area contributed by atoms with Gasteiger partial charge >= 0.3 is 11.3 Å². The maximum Gasteiger partial charge on any atom is 0.485 e. The molecule has 0 saturated carbocycles. The maximum absolute atomic E-state index is 10.7. The van der Waals surface area contributed by atoms with Gasteiger partial charge in [-0.2, -0.15) is 13.2 Å². The van der Waals surface area contributed by atoms with Gasteiger partial charge in [-0.1, -0.05) is 56.9 Å². The summed E-state index contributed by atoms with van der Waals surface area (Å²) in [5, 5.41) is 4.93. The quantitative estimate of drug-likeness (QED) is 0.138. The van der Waals surface area contributed by atoms with Crippen molar-refractivity contribution in [2.24, 2.45) is 4.99 Å². The number of alkyl halides is 3. The first-order chi connectivity index (χ1) is 13.6. The molecule has 0 saturated heterocycles. The molecule has 2 aromatic rings. The zero-order valence-corrected chi connectivity index (χ0v) is 17.6. The highest BCUT2D eigenvalue weighted by Crippen LogP contribution is 2.20. The Kier molecular flexibility index (Phi) is 10.4. The number of hydrogen-bond donors (Lipinski definition) is 0. The monoisotopic (exact) mass is 448 g/mol. The molecule has 0 aliphatic carbocycles. The summed E-state index contributed by atoms with van der Waals surface area (Å²) in [6.07, 6.45) is 9.97. The lowest BCUT2D eigenvalue weighted by molar-refractivity contribution is -0.683. The summed E-state index contributed by atoms with van der Waals surface area (Å²) in [7, 11) is -6.09. The Morgan fingerprint density at radius 1 is 1.10 bits per heavy atom. The molecule has 10 heteroatoms. The number of benzene rings is 1. The molecule has 29 heavy (non-hydrogen) atoms. The summed E-state index contributed by atoms with van der Waals surface area (Å²) in [4.78, 5) is 4.21. The number of aryl methyl sites for hydroxylation is 1. The van der Waals surface area contributed by atoms with Gasteiger partial charge in [-0.25, -0.2) is 13.0 Å². The van der Waals surface area contributed by atoms with E-state index < -0.39 is 15.6 Å². The van der Waals surface area contributed by atoms with Crippen LogP contribution in [-0.2, 0) is 16.7 Å². The van der Waals surface area contributed by atoms with Gasteiger partial charge in [0.1, 0.15) is 0 Å². The smallest absolute Gasteiger partial charge is 0.485 e. The second-order valence-corrected chi connectivity index (χ2v) is 7.88. The van der Waals surface area contributed by atoms with Gasteiger partial charge in [0.2, 0.25) is 5.16 Å². The number of pyridine rings is 1. The highest BCUT2D eigenvalue weighted by atomic mass is 32.2. The number of halogens is 3. The molecule has 0 bridgehead atoms. The van der Waals surface area contributed by atoms with Crippen LogP contribution in [0.3, 0.4) is 0 Å². The van der Waals surface area contributed by atoms with Crippen LogP contribution in [-0.4, -0.2) is 23.6 Å². The van der Waals surface area contributed by atoms with E-state index in [0.717, 1.165) is 12.4 Å². The lowest BCUT2D eigenvalue weighted by Crippen LogP contribution is -2.33. The van der Waals surface area contributed by atoms with Crippen molar-refractivity contribution < 1.29 is 30.7 Å². The normalized spacial score (nSPS) is 11.5. The minimum Gasteiger partial charge on any atom is -0.741 e. The Balaban J connectivity index is 0.000000447. The van der Waals surface area contributed by atoms with E-state index in [0.29, 0.717) is 0 Å². The van der Waals surface area contributed by atoms with Crippen molar-refractivity contribution in [3.63, 3.8) is 0 Å². The van der Waals surface area contributed by atoms with Crippen molar-refractivity contribution in [1.29, 1.82) is 0 Å². The van der Waals surface area contributed by atoms with Gasteiger partial charge in [0.25, 0.3) is 0 Å². The Bertz CT molecular complexity index is 941. The van der Waals surface area contributed by atoms with Crippen LogP contribution in [0.5, 0.6) is 0 Å². The molecule has 0 fully saturated rings. The van der Waals surface area contributed by atoms with Crippen molar-refractivity contribution in [1.82, 2.24) is 0 Å². The fraction of sp³-hybridized carbons (Fsp3) is 0.474. The Labute approximate surface area is 174 Å². The van der Waals surface area contributed by atoms with Crippen molar-refractivity contribution >= 4 is 44.1 Å². The molecule has 1 aromatic heterocycles. The summed E-state index contributed by atoms with van der Waals surface area (Å²) in [6, 6.07) is 10.4. The highest BCUT2D eigenvalue weighted by molar-refractivity contribution is 7.86. The fourth-order valence-electron chi connectivity index (χ4n) is 2.60. The van der Waals surface area contributed by atoms with Crippen LogP contribution in [0.15, 0.2) is 41.5 Å². The van der Waals surface area contributed by atoms with Gasteiger partial charge < -0.3 is 4.55 Å². The molecule has 0 unspecified atom stereocenters. The van der Waals surface area contributed by atoms with E-state index >= 15 is 0 Å². The third kappa shape index (κ3) is 8.99. The first-order valence-electron chi connectivity index (χ1n) is 9.12. The van der Waals surface area contributed by atoms with E-state index in [4.69, 9.17) is 25.2 Å². The molecule has 0 atom stereocenters. The number of hydrogen-bond acceptors (Lipinski definition) is 5. The number of nitrogens with zero attached hydrogens (tertiary/aromatic N) is 2. The summed E-state index contributed by atoms with van der Waals surface area (Å²) in [5.41, 5.74) is -5.65. The minimum atomic E-state index is -6.09. The van der Waals surface area contributed by atoms with Gasteiger partial charge in [-0.05, 0) is 18.2 Å². The topological polar surface area (TPSA) is 73.4 Å². The van der Waals surface area contributed by atoms with Crippen LogP contribution < -0.4 is 4.57 Å². The molecule has 0 N–H and O–H groups in total. The van der Waals surface area contributed by atoms with Crippen molar-refractivity contribution in [2.75, 3.05) is 0 Å². The van der Waals surface area contributed by atoms with E-state index in [1.807, 2.05) is 6.07 Å². The number of rotatable bonds is 8. The van der Waals surface area contributed by atoms with Gasteiger partial charge in [0.15, 0.2) is 10.1 Å². The lowest BCUT2D eigenvalue weighted by Gasteiger charge is -2.08. The lowest BCUT2D eigenvalue weighted by atomic mass is 10.1. The van der Waals surface area contributed by atoms with Crippen molar-refractivity contribution in [3.05, 3.63) is 36.5 Å². The first kappa shape index (κ1) is 25.2. The molecule has 5 nitrogen and oxygen atoms in total. The Hall–Kier alpha value is -1.87. The van der Waals surface area contributed by atoms with Crippen molar-refractivity contribution in [2.45, 2.75) is 57.5 Å².